The molecule has 71 heavy (non-hydrogen) atoms. The highest BCUT2D eigenvalue weighted by Gasteiger charge is 2.44. The van der Waals surface area contributed by atoms with Gasteiger partial charge in [0.2, 0.25) is 17.7 Å². The topological polar surface area (TPSA) is 203 Å². The fourth-order valence-electron chi connectivity index (χ4n) is 9.02. The Morgan fingerprint density at radius 1 is 0.901 bits per heavy atom. The van der Waals surface area contributed by atoms with Crippen LogP contribution >= 0.6 is 34.3 Å². The number of benzene rings is 2. The predicted octanol–water partition coefficient (Wildman–Crippen LogP) is 8.91. The average molecular weight is 1030 g/mol. The fourth-order valence-corrected chi connectivity index (χ4v) is 10.8. The lowest BCUT2D eigenvalue weighted by molar-refractivity contribution is -0.146. The number of piperazine rings is 1. The Morgan fingerprint density at radius 2 is 1.62 bits per heavy atom. The average Bonchev–Trinajstić information content (AvgIpc) is 4.10. The highest BCUT2D eigenvalue weighted by molar-refractivity contribution is 7.17. The van der Waals surface area contributed by atoms with Gasteiger partial charge in [0.1, 0.15) is 34.2 Å². The maximum Gasteiger partial charge on any atom is 0.267 e. The van der Waals surface area contributed by atoms with Crippen LogP contribution in [0.5, 0.6) is 0 Å². The van der Waals surface area contributed by atoms with E-state index in [1.165, 1.54) is 22.4 Å². The van der Waals surface area contributed by atoms with E-state index >= 15 is 0 Å². The number of unbranched alkanes of at least 4 members (excludes halogenated alkanes) is 4. The molecule has 5 aromatic rings. The van der Waals surface area contributed by atoms with Gasteiger partial charge in [0.25, 0.3) is 5.91 Å². The van der Waals surface area contributed by atoms with E-state index in [1.807, 2.05) is 94.4 Å². The van der Waals surface area contributed by atoms with Crippen LogP contribution in [0.25, 0.3) is 10.4 Å². The molecule has 19 heteroatoms. The molecule has 0 saturated carbocycles. The zero-order valence-electron chi connectivity index (χ0n) is 41.4. The van der Waals surface area contributed by atoms with Crippen LogP contribution in [0.2, 0.25) is 5.02 Å². The Labute approximate surface area is 429 Å². The van der Waals surface area contributed by atoms with E-state index < -0.39 is 23.5 Å². The lowest BCUT2D eigenvalue weighted by atomic mass is 9.76. The maximum absolute atomic E-state index is 14.1. The second kappa shape index (κ2) is 24.1. The van der Waals surface area contributed by atoms with Crippen molar-refractivity contribution in [3.63, 3.8) is 0 Å². The number of anilines is 4. The standard InChI is InChI=1S/C52H65ClN10O6S2/c1-32-13-12-15-40(53)46(32)60-49(68)42-29-55-51(71-42)59-43-27-44(58-34(3)57-43)61-21-23-62(24-22-61)45(66)16-11-9-7-8-10-14-37(64)25-39(52(4,5)6)50(69)63-30-38(65)26-41(63)48(67)54-28-35-17-19-36(20-18-35)47-33(2)56-31-70-47/h12-13,15,17-20,27,29,31,38-39,41,65H,7-11,14,16,21-26,28,30H2,1-6H3,(H,54,67)(H,60,68)(H,55,57,58,59)/t38-,39-,41+/m1/s1. The summed E-state index contributed by atoms with van der Waals surface area (Å²) in [7, 11) is 0. The van der Waals surface area contributed by atoms with Crippen LogP contribution in [0, 0.1) is 32.1 Å². The second-order valence-corrected chi connectivity index (χ2v) is 21.9. The summed E-state index contributed by atoms with van der Waals surface area (Å²) in [6, 6.07) is 14.4. The number of ketones is 1. The molecule has 2 saturated heterocycles. The molecule has 4 N–H and O–H groups in total. The molecule has 0 unspecified atom stereocenters. The number of nitrogens with one attached hydrogen (secondary N) is 3. The molecule has 2 aromatic carbocycles. The number of Topliss-reactive ketones (excluding diaryl/α,β-unsaturated/α-hetero) is 1. The third-order valence-corrected chi connectivity index (χ3v) is 15.3. The van der Waals surface area contributed by atoms with Crippen molar-refractivity contribution in [1.29, 1.82) is 0 Å². The normalized spacial score (nSPS) is 16.5. The Hall–Kier alpha value is -5.82. The van der Waals surface area contributed by atoms with Crippen LogP contribution in [0.15, 0.2) is 60.2 Å². The number of nitrogens with zero attached hydrogens (tertiary/aromatic N) is 7. The summed E-state index contributed by atoms with van der Waals surface area (Å²) >= 11 is 9.09. The zero-order valence-corrected chi connectivity index (χ0v) is 43.8. The quantitative estimate of drug-likeness (QED) is 0.0540. The zero-order chi connectivity index (χ0) is 50.8. The number of amides is 4. The summed E-state index contributed by atoms with van der Waals surface area (Å²) in [4.78, 5) is 92.1. The van der Waals surface area contributed by atoms with Crippen LogP contribution in [0.4, 0.5) is 22.5 Å². The summed E-state index contributed by atoms with van der Waals surface area (Å²) in [5.41, 5.74) is 5.66. The minimum absolute atomic E-state index is 0.00935. The fraction of sp³-hybridized carbons (Fsp3) is 0.481. The Balaban J connectivity index is 0.790. The molecular weight excluding hydrogens is 960 g/mol. The minimum Gasteiger partial charge on any atom is -0.391 e. The number of aromatic nitrogens is 4. The molecular formula is C52H65ClN10O6S2. The van der Waals surface area contributed by atoms with Gasteiger partial charge in [0, 0.05) is 76.9 Å². The van der Waals surface area contributed by atoms with Gasteiger partial charge < -0.3 is 35.8 Å². The summed E-state index contributed by atoms with van der Waals surface area (Å²) in [6.07, 6.45) is 5.82. The van der Waals surface area contributed by atoms with Crippen molar-refractivity contribution in [3.8, 4) is 10.4 Å². The molecule has 2 aliphatic rings. The molecule has 0 spiro atoms. The number of carbonyl (C=O) groups is 5. The monoisotopic (exact) mass is 1020 g/mol. The molecule has 3 atom stereocenters. The van der Waals surface area contributed by atoms with E-state index in [-0.39, 0.29) is 55.3 Å². The molecule has 2 aliphatic heterocycles. The van der Waals surface area contributed by atoms with E-state index in [9.17, 15) is 29.1 Å². The number of carbonyl (C=O) groups excluding carboxylic acids is 5. The number of aliphatic hydroxyl groups is 1. The van der Waals surface area contributed by atoms with Crippen molar-refractivity contribution in [2.45, 2.75) is 118 Å². The third-order valence-electron chi connectivity index (χ3n) is 13.1. The molecule has 5 heterocycles. The number of thiazole rings is 2. The van der Waals surface area contributed by atoms with E-state index in [0.717, 1.165) is 58.8 Å². The van der Waals surface area contributed by atoms with Crippen LogP contribution in [-0.4, -0.2) is 109 Å². The molecule has 7 rings (SSSR count). The van der Waals surface area contributed by atoms with Gasteiger partial charge in [-0.1, -0.05) is 99.4 Å². The first-order valence-corrected chi connectivity index (χ1v) is 26.5. The van der Waals surface area contributed by atoms with E-state index in [2.05, 4.69) is 40.8 Å². The highest BCUT2D eigenvalue weighted by atomic mass is 35.5. The molecule has 16 nitrogen and oxygen atoms in total. The number of likely N-dealkylation sites (tertiary alicyclic amines) is 1. The number of β-amino-alcohol motifs (C(OH)–C–C–N with tert-alkyl or cyclic N) is 1. The number of hydrogen-bond donors (Lipinski definition) is 4. The number of aryl methyl sites for hydroxylation is 3. The Kier molecular flexibility index (Phi) is 18.0. The number of halogens is 1. The van der Waals surface area contributed by atoms with Crippen molar-refractivity contribution in [2.24, 2.45) is 11.3 Å². The van der Waals surface area contributed by atoms with Crippen molar-refractivity contribution >= 4 is 86.1 Å². The second-order valence-electron chi connectivity index (χ2n) is 19.6. The molecule has 0 bridgehead atoms. The third kappa shape index (κ3) is 14.2. The van der Waals surface area contributed by atoms with Crippen molar-refractivity contribution in [2.75, 3.05) is 48.3 Å². The van der Waals surface area contributed by atoms with Crippen molar-refractivity contribution < 1.29 is 29.1 Å². The molecule has 0 aliphatic carbocycles. The smallest absolute Gasteiger partial charge is 0.267 e. The number of para-hydroxylation sites is 1. The number of aliphatic hydroxyl groups excluding tert-OH is 1. The van der Waals surface area contributed by atoms with Crippen molar-refractivity contribution in [3.05, 3.63) is 92.8 Å². The van der Waals surface area contributed by atoms with Gasteiger partial charge in [0.05, 0.1) is 39.1 Å². The van der Waals surface area contributed by atoms with Gasteiger partial charge >= 0.3 is 0 Å². The number of hydrogen-bond acceptors (Lipinski definition) is 14. The first-order valence-electron chi connectivity index (χ1n) is 24.4. The van der Waals surface area contributed by atoms with Gasteiger partial charge in [-0.25, -0.2) is 19.9 Å². The van der Waals surface area contributed by atoms with Gasteiger partial charge in [-0.15, -0.1) is 11.3 Å². The van der Waals surface area contributed by atoms with Crippen LogP contribution in [0.1, 0.15) is 111 Å². The van der Waals surface area contributed by atoms with E-state index in [1.54, 1.807) is 17.4 Å². The Morgan fingerprint density at radius 3 is 2.31 bits per heavy atom. The SMILES string of the molecule is Cc1nc(Nc2ncc(C(=O)Nc3c(C)cccc3Cl)s2)cc(N2CCN(C(=O)CCCCCCCC(=O)C[C@H](C(=O)N3C[C@H](O)C[C@H]3C(=O)NCc3ccc(-c4scnc4C)cc3)C(C)(C)C)CC2)n1. The molecule has 378 valence electrons. The molecule has 3 aromatic heterocycles. The van der Waals surface area contributed by atoms with Gasteiger partial charge in [0.15, 0.2) is 5.13 Å². The largest absolute Gasteiger partial charge is 0.391 e. The Bertz CT molecular complexity index is 2660. The van der Waals surface area contributed by atoms with Gasteiger partial charge in [-0.05, 0) is 61.8 Å². The molecule has 4 amide bonds. The van der Waals surface area contributed by atoms with Crippen LogP contribution in [0.3, 0.4) is 0 Å². The summed E-state index contributed by atoms with van der Waals surface area (Å²) in [5, 5.41) is 20.6. The molecule has 2 fully saturated rings. The van der Waals surface area contributed by atoms with Crippen LogP contribution in [-0.2, 0) is 25.7 Å². The highest BCUT2D eigenvalue weighted by Crippen LogP contribution is 2.35. The minimum atomic E-state index is -0.826. The number of rotatable bonds is 20. The maximum atomic E-state index is 14.1. The lowest BCUT2D eigenvalue weighted by Crippen LogP contribution is -2.50. The summed E-state index contributed by atoms with van der Waals surface area (Å²) in [5.74, 6) is 0.468. The summed E-state index contributed by atoms with van der Waals surface area (Å²) in [6.45, 7) is 14.2. The summed E-state index contributed by atoms with van der Waals surface area (Å²) < 4.78 is 0. The van der Waals surface area contributed by atoms with E-state index in [4.69, 9.17) is 11.6 Å². The first-order chi connectivity index (χ1) is 33.9. The molecule has 0 radical (unpaired) electrons. The van der Waals surface area contributed by atoms with Crippen LogP contribution < -0.4 is 20.9 Å². The van der Waals surface area contributed by atoms with E-state index in [0.29, 0.717) is 77.8 Å². The van der Waals surface area contributed by atoms with Gasteiger partial charge in [-0.3, -0.25) is 24.0 Å². The lowest BCUT2D eigenvalue weighted by Gasteiger charge is -2.35. The van der Waals surface area contributed by atoms with Crippen molar-refractivity contribution in [1.82, 2.24) is 35.1 Å². The van der Waals surface area contributed by atoms with Gasteiger partial charge in [-0.2, -0.15) is 0 Å². The first kappa shape index (κ1) is 53.0. The predicted molar refractivity (Wildman–Crippen MR) is 280 cm³/mol.